The van der Waals surface area contributed by atoms with Gasteiger partial charge in [-0.3, -0.25) is 0 Å². The molecule has 1 rings (SSSR count). The molecule has 1 heterocycles. The smallest absolute Gasteiger partial charge is 0.188 e. The van der Waals surface area contributed by atoms with Crippen LogP contribution in [0.4, 0.5) is 0 Å². The molecule has 1 unspecified atom stereocenters. The topological polar surface area (TPSA) is 38.7 Å². The Labute approximate surface area is 98.6 Å². The van der Waals surface area contributed by atoms with Gasteiger partial charge < -0.3 is 14.6 Å². The monoisotopic (exact) mass is 250 g/mol. The number of hydrogen-bond donors (Lipinski definition) is 1. The van der Waals surface area contributed by atoms with Crippen LogP contribution in [0, 0.1) is 0 Å². The van der Waals surface area contributed by atoms with Crippen molar-refractivity contribution in [3.05, 3.63) is 21.3 Å². The Morgan fingerprint density at radius 3 is 2.33 bits per heavy atom. The van der Waals surface area contributed by atoms with Crippen molar-refractivity contribution in [1.82, 2.24) is 0 Å². The van der Waals surface area contributed by atoms with E-state index in [1.165, 1.54) is 11.3 Å². The first kappa shape index (κ1) is 12.9. The Hall–Kier alpha value is -0.130. The van der Waals surface area contributed by atoms with Crippen LogP contribution < -0.4 is 0 Å². The van der Waals surface area contributed by atoms with Crippen LogP contribution in [0.5, 0.6) is 0 Å². The molecule has 0 aliphatic rings. The third kappa shape index (κ3) is 3.74. The van der Waals surface area contributed by atoms with Crippen LogP contribution in [-0.2, 0) is 9.47 Å². The summed E-state index contributed by atoms with van der Waals surface area (Å²) in [6, 6.07) is 3.53. The number of halogens is 1. The van der Waals surface area contributed by atoms with Crippen molar-refractivity contribution < 1.29 is 14.6 Å². The molecule has 86 valence electrons. The van der Waals surface area contributed by atoms with Crippen LogP contribution in [-0.4, -0.2) is 24.6 Å². The lowest BCUT2D eigenvalue weighted by Crippen LogP contribution is -2.25. The van der Waals surface area contributed by atoms with E-state index in [0.717, 1.165) is 4.88 Å². The minimum atomic E-state index is -0.776. The van der Waals surface area contributed by atoms with E-state index in [-0.39, 0.29) is 0 Å². The van der Waals surface area contributed by atoms with Gasteiger partial charge in [0.15, 0.2) is 6.29 Å². The van der Waals surface area contributed by atoms with E-state index in [1.54, 1.807) is 12.1 Å². The van der Waals surface area contributed by atoms with E-state index in [1.807, 2.05) is 13.8 Å². The summed E-state index contributed by atoms with van der Waals surface area (Å²) >= 11 is 7.12. The third-order valence-electron chi connectivity index (χ3n) is 1.81. The van der Waals surface area contributed by atoms with Crippen molar-refractivity contribution >= 4 is 22.9 Å². The Balaban J connectivity index is 2.66. The molecule has 3 nitrogen and oxygen atoms in total. The SMILES string of the molecule is CCOC(OCC)C(O)c1ccc(Cl)s1. The zero-order chi connectivity index (χ0) is 11.3. The molecular formula is C10H15ClO3S. The molecule has 1 N–H and O–H groups in total. The highest BCUT2D eigenvalue weighted by molar-refractivity contribution is 7.16. The van der Waals surface area contributed by atoms with Gasteiger partial charge in [0.1, 0.15) is 6.10 Å². The molecule has 1 atom stereocenters. The van der Waals surface area contributed by atoms with Gasteiger partial charge in [-0.05, 0) is 26.0 Å². The van der Waals surface area contributed by atoms with E-state index < -0.39 is 12.4 Å². The molecule has 1 aromatic rings. The summed E-state index contributed by atoms with van der Waals surface area (Å²) in [6.45, 7) is 4.72. The highest BCUT2D eigenvalue weighted by Crippen LogP contribution is 2.29. The summed E-state index contributed by atoms with van der Waals surface area (Å²) in [7, 11) is 0. The Morgan fingerprint density at radius 1 is 1.33 bits per heavy atom. The van der Waals surface area contributed by atoms with Gasteiger partial charge in [-0.1, -0.05) is 11.6 Å². The van der Waals surface area contributed by atoms with Crippen LogP contribution in [0.25, 0.3) is 0 Å². The highest BCUT2D eigenvalue weighted by Gasteiger charge is 2.22. The minimum Gasteiger partial charge on any atom is -0.382 e. The molecule has 0 saturated carbocycles. The van der Waals surface area contributed by atoms with E-state index in [9.17, 15) is 5.11 Å². The summed E-state index contributed by atoms with van der Waals surface area (Å²) in [5.74, 6) is 0. The van der Waals surface area contributed by atoms with Crippen LogP contribution in [0.15, 0.2) is 12.1 Å². The largest absolute Gasteiger partial charge is 0.382 e. The average Bonchev–Trinajstić information content (AvgIpc) is 2.63. The lowest BCUT2D eigenvalue weighted by Gasteiger charge is -2.21. The van der Waals surface area contributed by atoms with Crippen LogP contribution in [0.1, 0.15) is 24.8 Å². The molecule has 15 heavy (non-hydrogen) atoms. The van der Waals surface area contributed by atoms with Crippen molar-refractivity contribution in [3.63, 3.8) is 0 Å². The Morgan fingerprint density at radius 2 is 1.93 bits per heavy atom. The zero-order valence-corrected chi connectivity index (χ0v) is 10.3. The molecule has 0 saturated heterocycles. The number of rotatable bonds is 6. The van der Waals surface area contributed by atoms with Gasteiger partial charge in [0, 0.05) is 18.1 Å². The maximum Gasteiger partial charge on any atom is 0.188 e. The number of ether oxygens (including phenoxy) is 2. The van der Waals surface area contributed by atoms with Crippen molar-refractivity contribution in [1.29, 1.82) is 0 Å². The molecule has 5 heteroatoms. The fraction of sp³-hybridized carbons (Fsp3) is 0.600. The lowest BCUT2D eigenvalue weighted by molar-refractivity contribution is -0.190. The zero-order valence-electron chi connectivity index (χ0n) is 8.77. The van der Waals surface area contributed by atoms with Crippen LogP contribution >= 0.6 is 22.9 Å². The molecule has 0 amide bonds. The molecule has 0 fully saturated rings. The normalized spacial score (nSPS) is 13.4. The third-order valence-corrected chi connectivity index (χ3v) is 3.11. The van der Waals surface area contributed by atoms with Gasteiger partial charge in [-0.25, -0.2) is 0 Å². The average molecular weight is 251 g/mol. The predicted molar refractivity (Wildman–Crippen MR) is 61.3 cm³/mol. The maximum atomic E-state index is 9.96. The lowest BCUT2D eigenvalue weighted by atomic mass is 10.3. The number of aliphatic hydroxyl groups excluding tert-OH is 1. The summed E-state index contributed by atoms with van der Waals surface area (Å²) in [5.41, 5.74) is 0. The Kier molecular flexibility index (Phi) is 5.56. The second-order valence-corrected chi connectivity index (χ2v) is 4.61. The molecular weight excluding hydrogens is 236 g/mol. The second kappa shape index (κ2) is 6.45. The van der Waals surface area contributed by atoms with Gasteiger partial charge in [0.25, 0.3) is 0 Å². The van der Waals surface area contributed by atoms with Crippen LogP contribution in [0.3, 0.4) is 0 Å². The molecule has 1 aromatic heterocycles. The summed E-state index contributed by atoms with van der Waals surface area (Å²) in [4.78, 5) is 0.756. The summed E-state index contributed by atoms with van der Waals surface area (Å²) < 4.78 is 11.2. The van der Waals surface area contributed by atoms with Crippen molar-refractivity contribution in [2.24, 2.45) is 0 Å². The maximum absolute atomic E-state index is 9.96. The second-order valence-electron chi connectivity index (χ2n) is 2.87. The van der Waals surface area contributed by atoms with Crippen LogP contribution in [0.2, 0.25) is 4.34 Å². The van der Waals surface area contributed by atoms with Crippen molar-refractivity contribution in [2.75, 3.05) is 13.2 Å². The first-order chi connectivity index (χ1) is 7.19. The molecule has 0 aromatic carbocycles. The number of hydrogen-bond acceptors (Lipinski definition) is 4. The predicted octanol–water partition coefficient (Wildman–Crippen LogP) is 2.83. The number of aliphatic hydroxyl groups is 1. The molecule has 0 spiro atoms. The van der Waals surface area contributed by atoms with Crippen molar-refractivity contribution in [3.8, 4) is 0 Å². The fourth-order valence-electron chi connectivity index (χ4n) is 1.18. The molecule has 0 radical (unpaired) electrons. The van der Waals surface area contributed by atoms with Gasteiger partial charge in [-0.2, -0.15) is 0 Å². The van der Waals surface area contributed by atoms with E-state index in [0.29, 0.717) is 17.6 Å². The van der Waals surface area contributed by atoms with E-state index in [2.05, 4.69) is 0 Å². The first-order valence-electron chi connectivity index (χ1n) is 4.85. The molecule has 0 bridgehead atoms. The molecule has 0 aliphatic carbocycles. The molecule has 0 aliphatic heterocycles. The highest BCUT2D eigenvalue weighted by atomic mass is 35.5. The van der Waals surface area contributed by atoms with Gasteiger partial charge >= 0.3 is 0 Å². The fourth-order valence-corrected chi connectivity index (χ4v) is 2.24. The van der Waals surface area contributed by atoms with Gasteiger partial charge in [0.2, 0.25) is 0 Å². The summed E-state index contributed by atoms with van der Waals surface area (Å²) in [5, 5.41) is 9.96. The minimum absolute atomic E-state index is 0.501. The van der Waals surface area contributed by atoms with Crippen molar-refractivity contribution in [2.45, 2.75) is 26.2 Å². The Bertz CT molecular complexity index is 284. The van der Waals surface area contributed by atoms with E-state index in [4.69, 9.17) is 21.1 Å². The standard InChI is InChI=1S/C10H15ClO3S/c1-3-13-10(14-4-2)9(12)7-5-6-8(11)15-7/h5-6,9-10,12H,3-4H2,1-2H3. The van der Waals surface area contributed by atoms with Gasteiger partial charge in [0.05, 0.1) is 4.34 Å². The quantitative estimate of drug-likeness (QED) is 0.789. The summed E-state index contributed by atoms with van der Waals surface area (Å²) in [6.07, 6.45) is -1.39. The van der Waals surface area contributed by atoms with E-state index >= 15 is 0 Å². The number of thiophene rings is 1. The first-order valence-corrected chi connectivity index (χ1v) is 6.05. The van der Waals surface area contributed by atoms with Gasteiger partial charge in [-0.15, -0.1) is 11.3 Å².